The number of amides is 1. The van der Waals surface area contributed by atoms with Gasteiger partial charge in [0.25, 0.3) is 0 Å². The van der Waals surface area contributed by atoms with Crippen molar-refractivity contribution < 1.29 is 22.4 Å². The van der Waals surface area contributed by atoms with E-state index in [9.17, 15) is 13.2 Å². The van der Waals surface area contributed by atoms with Crippen molar-refractivity contribution >= 4 is 54.6 Å². The Morgan fingerprint density at radius 3 is 2.54 bits per heavy atom. The highest BCUT2D eigenvalue weighted by atomic mass is 79.9. The molecule has 2 aromatic heterocycles. The van der Waals surface area contributed by atoms with Crippen molar-refractivity contribution in [3.05, 3.63) is 15.5 Å². The standard InChI is InChI=1S/C15H19BrClN3O5S/c1-7(18-14(21)25-15(2,3)4)6-8-9(16)10-11(24-8)12(26(5,22)23)20-13(17)19-10/h7H,6H2,1-5H3,(H,18,21)/t7-/m0/s1. The number of nitrogens with one attached hydrogen (secondary N) is 1. The summed E-state index contributed by atoms with van der Waals surface area (Å²) in [6, 6.07) is -0.341. The number of rotatable bonds is 4. The first-order valence-electron chi connectivity index (χ1n) is 7.62. The molecule has 1 N–H and O–H groups in total. The minimum atomic E-state index is -3.66. The minimum Gasteiger partial charge on any atom is -0.455 e. The van der Waals surface area contributed by atoms with E-state index in [0.29, 0.717) is 10.2 Å². The van der Waals surface area contributed by atoms with Crippen molar-refractivity contribution in [3.8, 4) is 0 Å². The van der Waals surface area contributed by atoms with Crippen LogP contribution < -0.4 is 5.32 Å². The number of ether oxygens (including phenoxy) is 1. The van der Waals surface area contributed by atoms with Gasteiger partial charge < -0.3 is 14.5 Å². The normalized spacial score (nSPS) is 13.7. The Morgan fingerprint density at radius 2 is 2.00 bits per heavy atom. The topological polar surface area (TPSA) is 111 Å². The van der Waals surface area contributed by atoms with Crippen molar-refractivity contribution in [2.24, 2.45) is 0 Å². The number of sulfone groups is 1. The van der Waals surface area contributed by atoms with Gasteiger partial charge in [-0.15, -0.1) is 0 Å². The first-order valence-corrected chi connectivity index (χ1v) is 10.7. The highest BCUT2D eigenvalue weighted by molar-refractivity contribution is 9.10. The Kier molecular flexibility index (Phi) is 5.89. The molecule has 26 heavy (non-hydrogen) atoms. The Labute approximate surface area is 164 Å². The molecular weight excluding hydrogens is 450 g/mol. The fourth-order valence-corrected chi connectivity index (χ4v) is 3.62. The van der Waals surface area contributed by atoms with Crippen LogP contribution in [0.25, 0.3) is 11.1 Å². The molecule has 0 aromatic carbocycles. The molecular formula is C15H19BrClN3O5S. The fraction of sp³-hybridized carbons (Fsp3) is 0.533. The van der Waals surface area contributed by atoms with Crippen LogP contribution in [0, 0.1) is 0 Å². The lowest BCUT2D eigenvalue weighted by Crippen LogP contribution is -2.38. The first-order chi connectivity index (χ1) is 11.8. The van der Waals surface area contributed by atoms with E-state index in [1.165, 1.54) is 0 Å². The maximum atomic E-state index is 11.9. The van der Waals surface area contributed by atoms with E-state index in [1.807, 2.05) is 0 Å². The van der Waals surface area contributed by atoms with Crippen LogP contribution in [0.3, 0.4) is 0 Å². The largest absolute Gasteiger partial charge is 0.455 e. The number of hydrogen-bond acceptors (Lipinski definition) is 7. The SMILES string of the molecule is C[C@@H](Cc1oc2c(S(C)(=O)=O)nc(Cl)nc2c1Br)NC(=O)OC(C)(C)C. The van der Waals surface area contributed by atoms with Gasteiger partial charge in [0.1, 0.15) is 16.9 Å². The second-order valence-electron chi connectivity index (χ2n) is 6.84. The summed E-state index contributed by atoms with van der Waals surface area (Å²) in [5.74, 6) is 0.407. The summed E-state index contributed by atoms with van der Waals surface area (Å²) in [4.78, 5) is 19.6. The Hall–Kier alpha value is -1.39. The third kappa shape index (κ3) is 5.08. The number of nitrogens with zero attached hydrogens (tertiary/aromatic N) is 2. The van der Waals surface area contributed by atoms with Gasteiger partial charge in [-0.3, -0.25) is 0 Å². The molecule has 1 atom stereocenters. The van der Waals surface area contributed by atoms with Crippen molar-refractivity contribution in [2.75, 3.05) is 6.26 Å². The van der Waals surface area contributed by atoms with Gasteiger partial charge in [0.15, 0.2) is 15.4 Å². The van der Waals surface area contributed by atoms with Gasteiger partial charge >= 0.3 is 6.09 Å². The number of fused-ring (bicyclic) bond motifs is 1. The monoisotopic (exact) mass is 467 g/mol. The van der Waals surface area contributed by atoms with Gasteiger partial charge in [-0.2, -0.15) is 0 Å². The van der Waals surface area contributed by atoms with E-state index in [-0.39, 0.29) is 33.9 Å². The third-order valence-corrected chi connectivity index (χ3v) is 5.06. The number of halogens is 2. The quantitative estimate of drug-likeness (QED) is 0.540. The van der Waals surface area contributed by atoms with Crippen molar-refractivity contribution in [1.29, 1.82) is 0 Å². The molecule has 1 amide bonds. The number of aromatic nitrogens is 2. The molecule has 2 rings (SSSR count). The maximum Gasteiger partial charge on any atom is 0.407 e. The predicted molar refractivity (Wildman–Crippen MR) is 100 cm³/mol. The van der Waals surface area contributed by atoms with Crippen molar-refractivity contribution in [1.82, 2.24) is 15.3 Å². The van der Waals surface area contributed by atoms with E-state index in [0.717, 1.165) is 6.26 Å². The second kappa shape index (κ2) is 7.32. The van der Waals surface area contributed by atoms with Gasteiger partial charge in [-0.1, -0.05) is 0 Å². The third-order valence-electron chi connectivity index (χ3n) is 3.09. The van der Waals surface area contributed by atoms with Gasteiger partial charge in [0.2, 0.25) is 10.3 Å². The average molecular weight is 469 g/mol. The summed E-state index contributed by atoms with van der Waals surface area (Å²) >= 11 is 9.17. The van der Waals surface area contributed by atoms with Crippen LogP contribution in [0.5, 0.6) is 0 Å². The van der Waals surface area contributed by atoms with Crippen LogP contribution in [0.4, 0.5) is 4.79 Å². The molecule has 8 nitrogen and oxygen atoms in total. The highest BCUT2D eigenvalue weighted by Gasteiger charge is 2.25. The fourth-order valence-electron chi connectivity index (χ4n) is 2.17. The number of carbonyl (C=O) groups is 1. The smallest absolute Gasteiger partial charge is 0.407 e. The minimum absolute atomic E-state index is 0.0169. The summed E-state index contributed by atoms with van der Waals surface area (Å²) in [5, 5.41) is 2.20. The van der Waals surface area contributed by atoms with E-state index < -0.39 is 21.5 Å². The molecule has 0 fully saturated rings. The average Bonchev–Trinajstić information content (AvgIpc) is 2.71. The zero-order chi connectivity index (χ0) is 19.9. The number of alkyl carbamates (subject to hydrolysis) is 1. The summed E-state index contributed by atoms with van der Waals surface area (Å²) in [5.41, 5.74) is -0.339. The van der Waals surface area contributed by atoms with Crippen LogP contribution in [0.2, 0.25) is 5.28 Å². The summed E-state index contributed by atoms with van der Waals surface area (Å²) in [6.45, 7) is 7.06. The molecule has 0 aliphatic rings. The molecule has 0 aliphatic carbocycles. The van der Waals surface area contributed by atoms with Crippen LogP contribution in [-0.2, 0) is 21.0 Å². The summed E-state index contributed by atoms with van der Waals surface area (Å²) < 4.78 is 35.2. The van der Waals surface area contributed by atoms with Crippen LogP contribution >= 0.6 is 27.5 Å². The van der Waals surface area contributed by atoms with Gasteiger partial charge in [0, 0.05) is 18.7 Å². The molecule has 0 radical (unpaired) electrons. The maximum absolute atomic E-state index is 11.9. The van der Waals surface area contributed by atoms with Crippen LogP contribution in [-0.4, -0.2) is 42.4 Å². The van der Waals surface area contributed by atoms with E-state index >= 15 is 0 Å². The Morgan fingerprint density at radius 1 is 1.38 bits per heavy atom. The molecule has 0 spiro atoms. The lowest BCUT2D eigenvalue weighted by atomic mass is 10.2. The zero-order valence-corrected chi connectivity index (χ0v) is 18.0. The van der Waals surface area contributed by atoms with E-state index in [4.69, 9.17) is 20.8 Å². The number of hydrogen-bond donors (Lipinski definition) is 1. The Balaban J connectivity index is 2.31. The van der Waals surface area contributed by atoms with Gasteiger partial charge in [-0.25, -0.2) is 23.2 Å². The molecule has 2 aromatic rings. The van der Waals surface area contributed by atoms with Crippen LogP contribution in [0.15, 0.2) is 13.9 Å². The molecule has 0 unspecified atom stereocenters. The van der Waals surface area contributed by atoms with E-state index in [2.05, 4.69) is 31.2 Å². The van der Waals surface area contributed by atoms with Crippen molar-refractivity contribution in [2.45, 2.75) is 50.8 Å². The first kappa shape index (κ1) is 20.9. The molecule has 0 saturated carbocycles. The van der Waals surface area contributed by atoms with E-state index in [1.54, 1.807) is 27.7 Å². The number of furan rings is 1. The summed E-state index contributed by atoms with van der Waals surface area (Å²) in [7, 11) is -3.66. The van der Waals surface area contributed by atoms with Gasteiger partial charge in [0.05, 0.1) is 4.47 Å². The summed E-state index contributed by atoms with van der Waals surface area (Å²) in [6.07, 6.45) is 0.724. The molecule has 11 heteroatoms. The molecule has 144 valence electrons. The van der Waals surface area contributed by atoms with Crippen molar-refractivity contribution in [3.63, 3.8) is 0 Å². The lowest BCUT2D eigenvalue weighted by Gasteiger charge is -2.21. The molecule has 2 heterocycles. The Bertz CT molecular complexity index is 952. The zero-order valence-electron chi connectivity index (χ0n) is 14.9. The van der Waals surface area contributed by atoms with Crippen LogP contribution in [0.1, 0.15) is 33.5 Å². The molecule has 0 aliphatic heterocycles. The molecule has 0 bridgehead atoms. The second-order valence-corrected chi connectivity index (χ2v) is 9.90. The van der Waals surface area contributed by atoms with Gasteiger partial charge in [-0.05, 0) is 55.2 Å². The lowest BCUT2D eigenvalue weighted by molar-refractivity contribution is 0.0507. The predicted octanol–water partition coefficient (Wildman–Crippen LogP) is 3.50. The molecule has 0 saturated heterocycles. The highest BCUT2D eigenvalue weighted by Crippen LogP contribution is 2.34. The number of carbonyl (C=O) groups excluding carboxylic acids is 1.